The van der Waals surface area contributed by atoms with E-state index < -0.39 is 26.6 Å². The molecule has 2 N–H and O–H groups in total. The van der Waals surface area contributed by atoms with E-state index in [0.717, 1.165) is 51.4 Å². The standard InChI is InChI=1S/C57H107N2O6P/c1-6-8-10-12-14-16-18-20-22-23-24-25-26-27-28-29-30-31-32-33-34-35-37-39-41-43-45-47-49-51-57(61)58-55(54-65-66(62,63)64-53-52-59(3,4)5)56(60)50-48-46-44-42-40-38-36-21-19-17-15-13-11-9-7-2/h18,20,23-24,26-27,40,42,48,50,55-56,60H,6-17,19,21-22,25,28-39,41,43-47,49,51-54H2,1-5H3,(H-,58,61,62,63)/b20-18-,24-23-,27-26-,42-40+,50-48+. The number of amides is 1. The molecule has 0 aliphatic carbocycles. The molecule has 0 rings (SSSR count). The van der Waals surface area contributed by atoms with Gasteiger partial charge in [0.05, 0.1) is 39.9 Å². The van der Waals surface area contributed by atoms with Crippen LogP contribution in [0.15, 0.2) is 60.8 Å². The molecule has 0 aliphatic heterocycles. The van der Waals surface area contributed by atoms with Crippen LogP contribution >= 0.6 is 7.82 Å². The van der Waals surface area contributed by atoms with Gasteiger partial charge in [0.25, 0.3) is 7.82 Å². The second-order valence-electron chi connectivity index (χ2n) is 19.9. The molecule has 0 aromatic rings. The number of aliphatic hydroxyl groups excluding tert-OH is 1. The largest absolute Gasteiger partial charge is 0.756 e. The third-order valence-corrected chi connectivity index (χ3v) is 13.2. The molecule has 0 fully saturated rings. The zero-order chi connectivity index (χ0) is 48.5. The molecule has 0 aromatic carbocycles. The van der Waals surface area contributed by atoms with Crippen LogP contribution in [0.2, 0.25) is 0 Å². The van der Waals surface area contributed by atoms with Crippen LogP contribution in [-0.4, -0.2) is 68.5 Å². The highest BCUT2D eigenvalue weighted by Gasteiger charge is 2.23. The van der Waals surface area contributed by atoms with Gasteiger partial charge in [0.2, 0.25) is 5.91 Å². The van der Waals surface area contributed by atoms with Crippen molar-refractivity contribution in [2.45, 2.75) is 257 Å². The fourth-order valence-electron chi connectivity index (χ4n) is 7.82. The van der Waals surface area contributed by atoms with Gasteiger partial charge in [-0.25, -0.2) is 0 Å². The van der Waals surface area contributed by atoms with Gasteiger partial charge in [-0.15, -0.1) is 0 Å². The maximum absolute atomic E-state index is 12.9. The first-order valence-electron chi connectivity index (χ1n) is 27.7. The average Bonchev–Trinajstić information content (AvgIpc) is 3.28. The first-order valence-corrected chi connectivity index (χ1v) is 29.1. The Morgan fingerprint density at radius 1 is 0.530 bits per heavy atom. The Morgan fingerprint density at radius 3 is 1.33 bits per heavy atom. The molecule has 3 unspecified atom stereocenters. The monoisotopic (exact) mass is 947 g/mol. The summed E-state index contributed by atoms with van der Waals surface area (Å²) in [6.07, 6.45) is 64.4. The van der Waals surface area contributed by atoms with Crippen LogP contribution in [0.25, 0.3) is 0 Å². The third kappa shape index (κ3) is 50.1. The Kier molecular flexibility index (Phi) is 46.9. The van der Waals surface area contributed by atoms with Crippen molar-refractivity contribution in [1.82, 2.24) is 5.32 Å². The summed E-state index contributed by atoms with van der Waals surface area (Å²) in [5.74, 6) is -0.208. The molecule has 66 heavy (non-hydrogen) atoms. The molecule has 0 radical (unpaired) electrons. The summed E-state index contributed by atoms with van der Waals surface area (Å²) in [6.45, 7) is 4.62. The van der Waals surface area contributed by atoms with E-state index in [1.165, 1.54) is 173 Å². The van der Waals surface area contributed by atoms with Gasteiger partial charge in [-0.1, -0.05) is 229 Å². The van der Waals surface area contributed by atoms with Gasteiger partial charge >= 0.3 is 0 Å². The summed E-state index contributed by atoms with van der Waals surface area (Å²) in [7, 11) is 1.24. The van der Waals surface area contributed by atoms with E-state index in [9.17, 15) is 19.4 Å². The second-order valence-corrected chi connectivity index (χ2v) is 21.3. The number of carbonyl (C=O) groups is 1. The lowest BCUT2D eigenvalue weighted by atomic mass is 10.0. The van der Waals surface area contributed by atoms with E-state index in [2.05, 4.69) is 67.8 Å². The number of allylic oxidation sites excluding steroid dienone is 9. The Labute approximate surface area is 409 Å². The van der Waals surface area contributed by atoms with Crippen molar-refractivity contribution in [1.29, 1.82) is 0 Å². The van der Waals surface area contributed by atoms with Crippen LogP contribution in [0, 0.1) is 0 Å². The molecule has 8 nitrogen and oxygen atoms in total. The minimum absolute atomic E-state index is 0.00768. The number of quaternary nitrogens is 1. The molecule has 3 atom stereocenters. The smallest absolute Gasteiger partial charge is 0.268 e. The minimum Gasteiger partial charge on any atom is -0.756 e. The molecular formula is C57H107N2O6P. The van der Waals surface area contributed by atoms with Gasteiger partial charge in [-0.2, -0.15) is 0 Å². The van der Waals surface area contributed by atoms with Crippen LogP contribution in [0.3, 0.4) is 0 Å². The molecule has 0 spiro atoms. The zero-order valence-electron chi connectivity index (χ0n) is 43.9. The Balaban J connectivity index is 4.18. The van der Waals surface area contributed by atoms with Crippen LogP contribution in [-0.2, 0) is 18.4 Å². The molecule has 0 aromatic heterocycles. The Hall–Kier alpha value is -1.80. The van der Waals surface area contributed by atoms with E-state index in [-0.39, 0.29) is 12.5 Å². The number of likely N-dealkylation sites (N-methyl/N-ethyl adjacent to an activating group) is 1. The predicted octanol–water partition coefficient (Wildman–Crippen LogP) is 15.9. The van der Waals surface area contributed by atoms with Crippen LogP contribution in [0.4, 0.5) is 0 Å². The van der Waals surface area contributed by atoms with Crippen molar-refractivity contribution >= 4 is 13.7 Å². The SMILES string of the molecule is CCCCCCC/C=C\C/C=C\C/C=C\CCCCCCCCCCCCCCCCC(=O)NC(COP(=O)([O-])OCC[N+](C)(C)C)C(O)/C=C/CC/C=C/CCCCCCCCCCC. The van der Waals surface area contributed by atoms with E-state index in [1.807, 2.05) is 27.2 Å². The molecule has 0 aliphatic rings. The zero-order valence-corrected chi connectivity index (χ0v) is 44.8. The molecule has 386 valence electrons. The van der Waals surface area contributed by atoms with Gasteiger partial charge in [0.1, 0.15) is 13.2 Å². The maximum atomic E-state index is 12.9. The summed E-state index contributed by atoms with van der Waals surface area (Å²) in [4.78, 5) is 25.4. The molecule has 9 heteroatoms. The van der Waals surface area contributed by atoms with Gasteiger partial charge < -0.3 is 28.8 Å². The molecule has 0 saturated carbocycles. The van der Waals surface area contributed by atoms with Crippen molar-refractivity contribution in [3.63, 3.8) is 0 Å². The van der Waals surface area contributed by atoms with Crippen molar-refractivity contribution < 1.29 is 32.9 Å². The molecule has 0 saturated heterocycles. The highest BCUT2D eigenvalue weighted by molar-refractivity contribution is 7.45. The average molecular weight is 947 g/mol. The number of unbranched alkanes of at least 4 members (excludes halogenated alkanes) is 29. The topological polar surface area (TPSA) is 108 Å². The van der Waals surface area contributed by atoms with Gasteiger partial charge in [0, 0.05) is 6.42 Å². The Morgan fingerprint density at radius 2 is 0.894 bits per heavy atom. The first-order chi connectivity index (χ1) is 32.0. The van der Waals surface area contributed by atoms with Crippen LogP contribution in [0.5, 0.6) is 0 Å². The van der Waals surface area contributed by atoms with Gasteiger partial charge in [0.15, 0.2) is 0 Å². The number of hydrogen-bond donors (Lipinski definition) is 2. The number of phosphoric ester groups is 1. The van der Waals surface area contributed by atoms with Crippen molar-refractivity contribution in [3.8, 4) is 0 Å². The number of nitrogens with zero attached hydrogens (tertiary/aromatic N) is 1. The number of aliphatic hydroxyl groups is 1. The number of phosphoric acid groups is 1. The lowest BCUT2D eigenvalue weighted by Gasteiger charge is -2.29. The normalized spacial score (nSPS) is 14.5. The molecule has 0 heterocycles. The summed E-state index contributed by atoms with van der Waals surface area (Å²) >= 11 is 0. The summed E-state index contributed by atoms with van der Waals surface area (Å²) in [6, 6.07) is -0.905. The number of hydrogen-bond acceptors (Lipinski definition) is 6. The fourth-order valence-corrected chi connectivity index (χ4v) is 8.55. The molecule has 1 amide bonds. The van der Waals surface area contributed by atoms with Crippen molar-refractivity contribution in [2.24, 2.45) is 0 Å². The lowest BCUT2D eigenvalue weighted by Crippen LogP contribution is -2.45. The highest BCUT2D eigenvalue weighted by Crippen LogP contribution is 2.38. The first kappa shape index (κ1) is 64.2. The van der Waals surface area contributed by atoms with E-state index >= 15 is 0 Å². The van der Waals surface area contributed by atoms with Gasteiger partial charge in [-0.3, -0.25) is 9.36 Å². The molecule has 0 bridgehead atoms. The Bertz CT molecular complexity index is 1260. The van der Waals surface area contributed by atoms with Gasteiger partial charge in [-0.05, 0) is 70.6 Å². The fraction of sp³-hybridized carbons (Fsp3) is 0.807. The van der Waals surface area contributed by atoms with Crippen LogP contribution < -0.4 is 10.2 Å². The van der Waals surface area contributed by atoms with E-state index in [4.69, 9.17) is 9.05 Å². The second kappa shape index (κ2) is 48.2. The third-order valence-electron chi connectivity index (χ3n) is 12.2. The molecular weight excluding hydrogens is 840 g/mol. The van der Waals surface area contributed by atoms with E-state index in [1.54, 1.807) is 6.08 Å². The minimum atomic E-state index is -4.60. The number of rotatable bonds is 50. The van der Waals surface area contributed by atoms with Crippen molar-refractivity contribution in [2.75, 3.05) is 40.9 Å². The number of carbonyl (C=O) groups excluding carboxylic acids is 1. The highest BCUT2D eigenvalue weighted by atomic mass is 31.2. The number of nitrogens with one attached hydrogen (secondary N) is 1. The van der Waals surface area contributed by atoms with E-state index in [0.29, 0.717) is 17.4 Å². The quantitative estimate of drug-likeness (QED) is 0.0272. The summed E-state index contributed by atoms with van der Waals surface area (Å²) in [5, 5.41) is 13.8. The predicted molar refractivity (Wildman–Crippen MR) is 284 cm³/mol. The summed E-state index contributed by atoms with van der Waals surface area (Å²) in [5.41, 5.74) is 0. The summed E-state index contributed by atoms with van der Waals surface area (Å²) < 4.78 is 23.3. The van der Waals surface area contributed by atoms with Crippen molar-refractivity contribution in [3.05, 3.63) is 60.8 Å². The maximum Gasteiger partial charge on any atom is 0.268 e. The van der Waals surface area contributed by atoms with Crippen LogP contribution in [0.1, 0.15) is 245 Å². The lowest BCUT2D eigenvalue weighted by molar-refractivity contribution is -0.870.